The number of halogens is 1. The van der Waals surface area contributed by atoms with Gasteiger partial charge in [-0.15, -0.1) is 0 Å². The number of aromatic amines is 1. The Morgan fingerprint density at radius 1 is 1.18 bits per heavy atom. The number of amides is 1. The number of carbonyl (C=O) groups is 1. The summed E-state index contributed by atoms with van der Waals surface area (Å²) in [7, 11) is 0. The molecule has 0 fully saturated rings. The van der Waals surface area contributed by atoms with Crippen LogP contribution in [0.2, 0.25) is 0 Å². The molecular weight excluding hydrogens is 423 g/mol. The molecule has 3 N–H and O–H groups in total. The Balaban J connectivity index is 1.62. The minimum Gasteiger partial charge on any atom is -0.450 e. The summed E-state index contributed by atoms with van der Waals surface area (Å²) in [6.07, 6.45) is 8.71. The second-order valence-electron chi connectivity index (χ2n) is 7.36. The molecule has 2 aromatic heterocycles. The van der Waals surface area contributed by atoms with Crippen LogP contribution >= 0.6 is 0 Å². The highest BCUT2D eigenvalue weighted by molar-refractivity contribution is 5.93. The Labute approximate surface area is 192 Å². The smallest absolute Gasteiger partial charge is 0.413 e. The van der Waals surface area contributed by atoms with Crippen molar-refractivity contribution in [2.75, 3.05) is 19.7 Å². The van der Waals surface area contributed by atoms with Gasteiger partial charge in [-0.3, -0.25) is 15.3 Å². The van der Waals surface area contributed by atoms with Crippen molar-refractivity contribution in [3.63, 3.8) is 0 Å². The zero-order chi connectivity index (χ0) is 23.3. The number of nitrogens with zero attached hydrogens (tertiary/aromatic N) is 3. The number of pyridine rings is 1. The highest BCUT2D eigenvalue weighted by Crippen LogP contribution is 2.27. The first-order valence-electron chi connectivity index (χ1n) is 11.0. The maximum Gasteiger partial charge on any atom is 0.413 e. The largest absolute Gasteiger partial charge is 0.450 e. The minimum atomic E-state index is -0.556. The van der Waals surface area contributed by atoms with Crippen molar-refractivity contribution in [2.24, 2.45) is 4.99 Å². The molecule has 0 radical (unpaired) electrons. The van der Waals surface area contributed by atoms with Gasteiger partial charge in [0.1, 0.15) is 5.82 Å². The van der Waals surface area contributed by atoms with Crippen LogP contribution in [0.5, 0.6) is 0 Å². The summed E-state index contributed by atoms with van der Waals surface area (Å²) in [4.78, 5) is 27.7. The quantitative estimate of drug-likeness (QED) is 0.247. The molecule has 0 bridgehead atoms. The van der Waals surface area contributed by atoms with E-state index in [9.17, 15) is 9.18 Å². The van der Waals surface area contributed by atoms with E-state index in [4.69, 9.17) is 4.74 Å². The molecule has 2 heterocycles. The number of rotatable bonds is 10. The van der Waals surface area contributed by atoms with E-state index in [1.54, 1.807) is 37.8 Å². The van der Waals surface area contributed by atoms with Crippen LogP contribution in [0.25, 0.3) is 0 Å². The van der Waals surface area contributed by atoms with Crippen LogP contribution in [0.1, 0.15) is 42.5 Å². The van der Waals surface area contributed by atoms with Crippen LogP contribution in [0.15, 0.2) is 66.3 Å². The zero-order valence-electron chi connectivity index (χ0n) is 18.6. The molecule has 0 saturated heterocycles. The van der Waals surface area contributed by atoms with Gasteiger partial charge in [-0.2, -0.15) is 0 Å². The minimum absolute atomic E-state index is 0.0102. The molecule has 1 atom stereocenters. The van der Waals surface area contributed by atoms with Crippen LogP contribution < -0.4 is 10.6 Å². The summed E-state index contributed by atoms with van der Waals surface area (Å²) in [5.74, 6) is 0.100. The highest BCUT2D eigenvalue weighted by atomic mass is 19.1. The summed E-state index contributed by atoms with van der Waals surface area (Å²) >= 11 is 0. The van der Waals surface area contributed by atoms with E-state index in [1.807, 2.05) is 18.3 Å². The third kappa shape index (κ3) is 8.03. The number of nitrogens with one attached hydrogen (secondary N) is 3. The van der Waals surface area contributed by atoms with E-state index in [1.165, 1.54) is 12.1 Å². The van der Waals surface area contributed by atoms with Crippen LogP contribution in [0, 0.1) is 5.82 Å². The number of alkyl carbamates (subject to hydrolysis) is 1. The number of aliphatic imine (C=N–C) groups is 1. The maximum atomic E-state index is 13.4. The van der Waals surface area contributed by atoms with Gasteiger partial charge >= 0.3 is 6.09 Å². The second kappa shape index (κ2) is 12.9. The molecule has 8 nitrogen and oxygen atoms in total. The first-order valence-corrected chi connectivity index (χ1v) is 11.0. The summed E-state index contributed by atoms with van der Waals surface area (Å²) in [6, 6.07) is 10.4. The number of H-pyrrole nitrogens is 1. The van der Waals surface area contributed by atoms with Gasteiger partial charge in [0.05, 0.1) is 12.9 Å². The lowest BCUT2D eigenvalue weighted by molar-refractivity contribution is 0.157. The summed E-state index contributed by atoms with van der Waals surface area (Å²) in [5.41, 5.74) is 3.06. The van der Waals surface area contributed by atoms with Gasteiger partial charge in [-0.1, -0.05) is 18.2 Å². The van der Waals surface area contributed by atoms with E-state index < -0.39 is 6.09 Å². The van der Waals surface area contributed by atoms with Gasteiger partial charge in [0.15, 0.2) is 0 Å². The van der Waals surface area contributed by atoms with E-state index in [-0.39, 0.29) is 18.3 Å². The molecule has 0 saturated carbocycles. The first kappa shape index (κ1) is 23.9. The Morgan fingerprint density at radius 3 is 2.73 bits per heavy atom. The molecule has 0 aliphatic rings. The second-order valence-corrected chi connectivity index (χ2v) is 7.36. The van der Waals surface area contributed by atoms with Gasteiger partial charge in [0, 0.05) is 43.3 Å². The Kier molecular flexibility index (Phi) is 9.38. The molecule has 0 aliphatic carbocycles. The summed E-state index contributed by atoms with van der Waals surface area (Å²) in [6.45, 7) is 3.07. The Morgan fingerprint density at radius 2 is 2.03 bits per heavy atom. The lowest BCUT2D eigenvalue weighted by atomic mass is 9.89. The fraction of sp³-hybridized carbons (Fsp3) is 0.333. The number of ether oxygens (including phenoxy) is 1. The van der Waals surface area contributed by atoms with E-state index in [0.29, 0.717) is 25.5 Å². The average Bonchev–Trinajstić information content (AvgIpc) is 3.34. The zero-order valence-corrected chi connectivity index (χ0v) is 18.6. The number of benzene rings is 1. The van der Waals surface area contributed by atoms with Crippen LogP contribution in [0.4, 0.5) is 9.18 Å². The molecule has 9 heteroatoms. The molecule has 0 spiro atoms. The van der Waals surface area contributed by atoms with Crippen molar-refractivity contribution in [3.05, 3.63) is 84.0 Å². The van der Waals surface area contributed by atoms with E-state index >= 15 is 0 Å². The summed E-state index contributed by atoms with van der Waals surface area (Å²) in [5, 5.41) is 5.88. The van der Waals surface area contributed by atoms with Crippen LogP contribution in [-0.2, 0) is 11.2 Å². The number of aromatic nitrogens is 3. The number of guanidine groups is 1. The van der Waals surface area contributed by atoms with Crippen LogP contribution in [0.3, 0.4) is 0 Å². The number of aryl methyl sites for hydroxylation is 1. The predicted molar refractivity (Wildman–Crippen MR) is 124 cm³/mol. The fourth-order valence-electron chi connectivity index (χ4n) is 3.42. The molecule has 0 aliphatic heterocycles. The van der Waals surface area contributed by atoms with Crippen molar-refractivity contribution >= 4 is 12.1 Å². The fourth-order valence-corrected chi connectivity index (χ4v) is 3.42. The van der Waals surface area contributed by atoms with Gasteiger partial charge in [-0.25, -0.2) is 14.2 Å². The molecule has 3 rings (SSSR count). The van der Waals surface area contributed by atoms with Gasteiger partial charge in [0.25, 0.3) is 0 Å². The highest BCUT2D eigenvalue weighted by Gasteiger charge is 2.15. The summed E-state index contributed by atoms with van der Waals surface area (Å²) < 4.78 is 18.4. The Hall–Kier alpha value is -3.75. The van der Waals surface area contributed by atoms with Gasteiger partial charge < -0.3 is 15.0 Å². The van der Waals surface area contributed by atoms with Gasteiger partial charge in [0.2, 0.25) is 5.96 Å². The molecule has 3 aromatic rings. The van der Waals surface area contributed by atoms with Crippen molar-refractivity contribution in [2.45, 2.75) is 32.1 Å². The SMILES string of the molecule is CCOC(=O)NC(=NCCCc1cnc[nH]1)NCCC(c1ccc(F)cc1)c1cccnc1. The maximum absolute atomic E-state index is 13.4. The lowest BCUT2D eigenvalue weighted by Gasteiger charge is -2.19. The normalized spacial score (nSPS) is 12.2. The Bertz CT molecular complexity index is 994. The topological polar surface area (TPSA) is 104 Å². The molecule has 174 valence electrons. The third-order valence-electron chi connectivity index (χ3n) is 5.01. The average molecular weight is 453 g/mol. The number of imidazole rings is 1. The van der Waals surface area contributed by atoms with Crippen molar-refractivity contribution in [1.82, 2.24) is 25.6 Å². The number of carbonyl (C=O) groups excluding carboxylic acids is 1. The van der Waals surface area contributed by atoms with Crippen molar-refractivity contribution in [1.29, 1.82) is 0 Å². The monoisotopic (exact) mass is 452 g/mol. The van der Waals surface area contributed by atoms with Crippen LogP contribution in [-0.4, -0.2) is 46.7 Å². The van der Waals surface area contributed by atoms with E-state index in [0.717, 1.165) is 29.7 Å². The number of hydrogen-bond acceptors (Lipinski definition) is 5. The molecular formula is C24H29FN6O2. The van der Waals surface area contributed by atoms with Crippen molar-refractivity contribution in [3.8, 4) is 0 Å². The van der Waals surface area contributed by atoms with Gasteiger partial charge in [-0.05, 0) is 55.5 Å². The molecule has 1 unspecified atom stereocenters. The van der Waals surface area contributed by atoms with E-state index in [2.05, 4.69) is 30.6 Å². The van der Waals surface area contributed by atoms with Crippen molar-refractivity contribution < 1.29 is 13.9 Å². The third-order valence-corrected chi connectivity index (χ3v) is 5.01. The standard InChI is InChI=1S/C24H29FN6O2/c1-2-33-24(32)31-23(28-13-4-6-21-16-27-17-30-21)29-14-11-22(19-5-3-12-26-15-19)18-7-9-20(25)10-8-18/h3,5,7-10,12,15-17,22H,2,4,6,11,13-14H2,1H3,(H,27,30)(H2,28,29,31,32). The molecule has 33 heavy (non-hydrogen) atoms. The molecule has 1 amide bonds. The number of hydrogen-bond donors (Lipinski definition) is 3. The first-order chi connectivity index (χ1) is 16.2. The molecule has 1 aromatic carbocycles. The lowest BCUT2D eigenvalue weighted by Crippen LogP contribution is -2.42. The predicted octanol–water partition coefficient (Wildman–Crippen LogP) is 3.79.